The molecule has 0 radical (unpaired) electrons. The fourth-order valence-electron chi connectivity index (χ4n) is 3.18. The summed E-state index contributed by atoms with van der Waals surface area (Å²) < 4.78 is 13.0. The van der Waals surface area contributed by atoms with Crippen LogP contribution in [0.15, 0.2) is 60.7 Å². The number of rotatable bonds is 4. The Hall–Kier alpha value is -1.15. The van der Waals surface area contributed by atoms with Gasteiger partial charge in [0.25, 0.3) is 0 Å². The minimum atomic E-state index is -0.534. The van der Waals surface area contributed by atoms with Crippen molar-refractivity contribution in [2.45, 2.75) is 39.4 Å². The minimum Gasteiger partial charge on any atom is -0.400 e. The molecule has 1 aliphatic rings. The molecular weight excluding hydrogens is 314 g/mol. The van der Waals surface area contributed by atoms with Crippen molar-refractivity contribution in [3.8, 4) is 0 Å². The zero-order chi connectivity index (χ0) is 17.1. The summed E-state index contributed by atoms with van der Waals surface area (Å²) in [6.07, 6.45) is 0. The Kier molecular flexibility index (Phi) is 5.76. The lowest BCUT2D eigenvalue weighted by Crippen LogP contribution is -2.51. The van der Waals surface area contributed by atoms with Gasteiger partial charge in [0.1, 0.15) is 0 Å². The SMILES string of the molecule is CC(C)[C@@H]1OB(c2ccccc2)O[C@@H](C(C)C)P1c1ccccc1. The van der Waals surface area contributed by atoms with Crippen molar-refractivity contribution in [3.05, 3.63) is 60.7 Å². The van der Waals surface area contributed by atoms with Crippen molar-refractivity contribution in [2.24, 2.45) is 11.8 Å². The first-order valence-electron chi connectivity index (χ1n) is 8.77. The van der Waals surface area contributed by atoms with Gasteiger partial charge in [-0.25, -0.2) is 0 Å². The Labute approximate surface area is 147 Å². The molecule has 1 saturated heterocycles. The number of benzene rings is 2. The van der Waals surface area contributed by atoms with Gasteiger partial charge in [-0.2, -0.15) is 0 Å². The van der Waals surface area contributed by atoms with Crippen LogP contribution in [0.3, 0.4) is 0 Å². The summed E-state index contributed by atoms with van der Waals surface area (Å²) in [7, 11) is -0.804. The highest BCUT2D eigenvalue weighted by Gasteiger charge is 2.45. The molecule has 126 valence electrons. The lowest BCUT2D eigenvalue weighted by atomic mass is 9.78. The van der Waals surface area contributed by atoms with Gasteiger partial charge in [-0.1, -0.05) is 88.4 Å². The first-order valence-corrected chi connectivity index (χ1v) is 10.2. The molecule has 3 rings (SSSR count). The third-order valence-corrected chi connectivity index (χ3v) is 7.77. The largest absolute Gasteiger partial charge is 0.494 e. The van der Waals surface area contributed by atoms with Crippen LogP contribution in [-0.2, 0) is 9.31 Å². The van der Waals surface area contributed by atoms with Crippen LogP contribution in [-0.4, -0.2) is 18.8 Å². The molecule has 0 bridgehead atoms. The van der Waals surface area contributed by atoms with Gasteiger partial charge < -0.3 is 9.31 Å². The molecule has 0 aromatic heterocycles. The maximum atomic E-state index is 6.49. The average Bonchev–Trinajstić information content (AvgIpc) is 2.62. The Morgan fingerprint density at radius 1 is 0.750 bits per heavy atom. The zero-order valence-electron chi connectivity index (χ0n) is 14.9. The molecular formula is C20H26BO2P. The normalized spacial score (nSPS) is 22.3. The summed E-state index contributed by atoms with van der Waals surface area (Å²) in [6.45, 7) is 9.03. The Morgan fingerprint density at radius 3 is 1.67 bits per heavy atom. The molecule has 0 aliphatic carbocycles. The first kappa shape index (κ1) is 17.7. The lowest BCUT2D eigenvalue weighted by molar-refractivity contribution is 0.107. The van der Waals surface area contributed by atoms with Crippen LogP contribution in [0.1, 0.15) is 27.7 Å². The molecule has 0 saturated carbocycles. The number of hydrogen-bond donors (Lipinski definition) is 0. The maximum Gasteiger partial charge on any atom is 0.494 e. The second kappa shape index (κ2) is 7.82. The van der Waals surface area contributed by atoms with E-state index in [-0.39, 0.29) is 18.8 Å². The molecule has 24 heavy (non-hydrogen) atoms. The molecule has 1 heterocycles. The second-order valence-electron chi connectivity index (χ2n) is 7.03. The predicted molar refractivity (Wildman–Crippen MR) is 104 cm³/mol. The third-order valence-electron chi connectivity index (χ3n) is 4.34. The third kappa shape index (κ3) is 3.74. The van der Waals surface area contributed by atoms with Gasteiger partial charge in [-0.15, -0.1) is 0 Å². The second-order valence-corrected chi connectivity index (χ2v) is 9.38. The fourth-order valence-corrected chi connectivity index (χ4v) is 6.34. The van der Waals surface area contributed by atoms with Gasteiger partial charge in [-0.3, -0.25) is 0 Å². The van der Waals surface area contributed by atoms with Gasteiger partial charge in [-0.05, 0) is 30.5 Å². The van der Waals surface area contributed by atoms with E-state index in [0.29, 0.717) is 11.8 Å². The van der Waals surface area contributed by atoms with E-state index in [4.69, 9.17) is 9.31 Å². The van der Waals surface area contributed by atoms with Crippen molar-refractivity contribution in [1.29, 1.82) is 0 Å². The van der Waals surface area contributed by atoms with E-state index in [1.165, 1.54) is 5.30 Å². The van der Waals surface area contributed by atoms with Gasteiger partial charge in [0, 0.05) is 0 Å². The van der Waals surface area contributed by atoms with Crippen LogP contribution < -0.4 is 10.8 Å². The molecule has 2 nitrogen and oxygen atoms in total. The smallest absolute Gasteiger partial charge is 0.400 e. The molecule has 1 fully saturated rings. The molecule has 0 unspecified atom stereocenters. The van der Waals surface area contributed by atoms with Crippen molar-refractivity contribution in [1.82, 2.24) is 0 Å². The highest BCUT2D eigenvalue weighted by atomic mass is 31.1. The summed E-state index contributed by atoms with van der Waals surface area (Å²) in [6, 6.07) is 21.1. The zero-order valence-corrected chi connectivity index (χ0v) is 15.8. The monoisotopic (exact) mass is 340 g/mol. The number of hydrogen-bond acceptors (Lipinski definition) is 2. The maximum absolute atomic E-state index is 6.49. The van der Waals surface area contributed by atoms with Crippen LogP contribution in [0.5, 0.6) is 0 Å². The summed E-state index contributed by atoms with van der Waals surface area (Å²) in [5.74, 6) is 1.31. The van der Waals surface area contributed by atoms with Crippen LogP contribution in [0.4, 0.5) is 0 Å². The van der Waals surface area contributed by atoms with E-state index in [2.05, 4.69) is 70.2 Å². The average molecular weight is 340 g/mol. The lowest BCUT2D eigenvalue weighted by Gasteiger charge is -2.45. The van der Waals surface area contributed by atoms with Crippen molar-refractivity contribution >= 4 is 25.8 Å². The van der Waals surface area contributed by atoms with Gasteiger partial charge in [0.15, 0.2) is 0 Å². The van der Waals surface area contributed by atoms with E-state index in [1.807, 2.05) is 18.2 Å². The molecule has 0 amide bonds. The molecule has 2 aromatic carbocycles. The highest BCUT2D eigenvalue weighted by molar-refractivity contribution is 7.67. The van der Waals surface area contributed by atoms with Crippen LogP contribution >= 0.6 is 7.92 Å². The topological polar surface area (TPSA) is 18.5 Å². The molecule has 0 N–H and O–H groups in total. The van der Waals surface area contributed by atoms with E-state index in [1.54, 1.807) is 0 Å². The van der Waals surface area contributed by atoms with Crippen molar-refractivity contribution in [2.75, 3.05) is 0 Å². The molecule has 1 aliphatic heterocycles. The van der Waals surface area contributed by atoms with Crippen LogP contribution in [0.2, 0.25) is 0 Å². The molecule has 4 heteroatoms. The fraction of sp³-hybridized carbons (Fsp3) is 0.400. The van der Waals surface area contributed by atoms with Gasteiger partial charge in [0.2, 0.25) is 0 Å². The molecule has 2 aromatic rings. The summed E-state index contributed by atoms with van der Waals surface area (Å²) in [5.41, 5.74) is 1.11. The summed E-state index contributed by atoms with van der Waals surface area (Å²) in [5, 5.41) is 1.37. The van der Waals surface area contributed by atoms with Gasteiger partial charge >= 0.3 is 7.12 Å². The quantitative estimate of drug-likeness (QED) is 0.613. The molecule has 2 atom stereocenters. The van der Waals surface area contributed by atoms with Gasteiger partial charge in [0.05, 0.1) is 11.7 Å². The van der Waals surface area contributed by atoms with Crippen LogP contribution in [0.25, 0.3) is 0 Å². The van der Waals surface area contributed by atoms with Crippen molar-refractivity contribution < 1.29 is 9.31 Å². The van der Waals surface area contributed by atoms with Crippen molar-refractivity contribution in [3.63, 3.8) is 0 Å². The first-order chi connectivity index (χ1) is 11.6. The highest BCUT2D eigenvalue weighted by Crippen LogP contribution is 2.54. The minimum absolute atomic E-state index is 0.203. The van der Waals surface area contributed by atoms with E-state index in [9.17, 15) is 0 Å². The Balaban J connectivity index is 1.96. The summed E-state index contributed by atoms with van der Waals surface area (Å²) in [4.78, 5) is 0. The Bertz CT molecular complexity index is 615. The van der Waals surface area contributed by atoms with E-state index >= 15 is 0 Å². The standard InChI is InChI=1S/C20H26BO2P/c1-15(2)19-22-21(17-11-7-5-8-12-17)23-20(16(3)4)24(19)18-13-9-6-10-14-18/h5-16,19-20H,1-4H3/t19-,20-/m1/s1. The van der Waals surface area contributed by atoms with E-state index < -0.39 is 7.92 Å². The summed E-state index contributed by atoms with van der Waals surface area (Å²) >= 11 is 0. The molecule has 0 spiro atoms. The van der Waals surface area contributed by atoms with E-state index in [0.717, 1.165) is 5.46 Å². The predicted octanol–water partition coefficient (Wildman–Crippen LogP) is 4.20. The van der Waals surface area contributed by atoms with Crippen LogP contribution in [0, 0.1) is 11.8 Å². The Morgan fingerprint density at radius 2 is 1.21 bits per heavy atom.